The number of amides is 2. The number of benzene rings is 1. The fraction of sp³-hybridized carbons (Fsp3) is 0.316. The number of rotatable bonds is 7. The Morgan fingerprint density at radius 1 is 1.37 bits per heavy atom. The molecule has 2 aromatic rings. The standard InChI is InChI=1S/C19H25N5O3/c1-3-14(25)11-27-18(21)15-10-22-17(9-16(15)20)24-19(26)23-12(2)13-7-5-4-6-8-13/h4-10,12,14,21,25H,3,11H2,1-2H3,(H4,20,22,23,24,26)/t12-,14?/m1/s1. The van der Waals surface area contributed by atoms with Gasteiger partial charge in [-0.1, -0.05) is 37.3 Å². The molecule has 2 rings (SSSR count). The Kier molecular flexibility index (Phi) is 7.13. The molecule has 0 saturated carbocycles. The van der Waals surface area contributed by atoms with Crippen molar-refractivity contribution in [2.45, 2.75) is 32.4 Å². The molecule has 2 atom stereocenters. The Hall–Kier alpha value is -3.13. The van der Waals surface area contributed by atoms with Crippen LogP contribution >= 0.6 is 0 Å². The summed E-state index contributed by atoms with van der Waals surface area (Å²) in [5.74, 6) is 0.0802. The van der Waals surface area contributed by atoms with Crippen molar-refractivity contribution in [1.29, 1.82) is 5.41 Å². The minimum atomic E-state index is -0.643. The van der Waals surface area contributed by atoms with Crippen molar-refractivity contribution in [3.05, 3.63) is 53.7 Å². The molecule has 0 radical (unpaired) electrons. The molecule has 0 saturated heterocycles. The lowest BCUT2D eigenvalue weighted by atomic mass is 10.1. The quantitative estimate of drug-likeness (QED) is 0.377. The lowest BCUT2D eigenvalue weighted by Gasteiger charge is -2.15. The van der Waals surface area contributed by atoms with Crippen molar-refractivity contribution in [3.63, 3.8) is 0 Å². The summed E-state index contributed by atoms with van der Waals surface area (Å²) in [5, 5.41) is 22.8. The first-order valence-corrected chi connectivity index (χ1v) is 8.68. The molecule has 0 aliphatic carbocycles. The van der Waals surface area contributed by atoms with E-state index >= 15 is 0 Å². The van der Waals surface area contributed by atoms with Gasteiger partial charge in [0.1, 0.15) is 12.4 Å². The zero-order chi connectivity index (χ0) is 19.8. The van der Waals surface area contributed by atoms with E-state index in [0.29, 0.717) is 12.0 Å². The maximum absolute atomic E-state index is 12.1. The largest absolute Gasteiger partial charge is 0.475 e. The van der Waals surface area contributed by atoms with Gasteiger partial charge in [-0.2, -0.15) is 0 Å². The third-order valence-corrected chi connectivity index (χ3v) is 3.96. The van der Waals surface area contributed by atoms with Crippen molar-refractivity contribution in [3.8, 4) is 0 Å². The van der Waals surface area contributed by atoms with E-state index in [0.717, 1.165) is 5.56 Å². The van der Waals surface area contributed by atoms with Crippen LogP contribution < -0.4 is 16.4 Å². The van der Waals surface area contributed by atoms with Crippen LogP contribution in [0.1, 0.15) is 37.4 Å². The second-order valence-corrected chi connectivity index (χ2v) is 6.09. The fourth-order valence-electron chi connectivity index (χ4n) is 2.28. The minimum Gasteiger partial charge on any atom is -0.475 e. The number of carbonyl (C=O) groups excluding carboxylic acids is 1. The van der Waals surface area contributed by atoms with Gasteiger partial charge in [-0.25, -0.2) is 9.78 Å². The van der Waals surface area contributed by atoms with Crippen LogP contribution in [-0.4, -0.2) is 34.7 Å². The van der Waals surface area contributed by atoms with E-state index in [1.165, 1.54) is 12.3 Å². The number of carbonyl (C=O) groups is 1. The molecule has 0 fully saturated rings. The van der Waals surface area contributed by atoms with Crippen LogP contribution in [0.25, 0.3) is 0 Å². The SMILES string of the molecule is CCC(O)COC(=N)c1cnc(NC(=O)N[C@H](C)c2ccccc2)cc1N. The molecule has 1 aromatic heterocycles. The van der Waals surface area contributed by atoms with Gasteiger partial charge in [-0.3, -0.25) is 10.7 Å². The van der Waals surface area contributed by atoms with E-state index in [9.17, 15) is 9.90 Å². The number of nitrogens with zero attached hydrogens (tertiary/aromatic N) is 1. The Morgan fingerprint density at radius 2 is 2.07 bits per heavy atom. The molecule has 1 heterocycles. The number of aliphatic hydroxyl groups excluding tert-OH is 1. The molecular weight excluding hydrogens is 346 g/mol. The van der Waals surface area contributed by atoms with Crippen LogP contribution in [0.4, 0.5) is 16.3 Å². The Bertz CT molecular complexity index is 782. The molecule has 0 spiro atoms. The van der Waals surface area contributed by atoms with E-state index in [4.69, 9.17) is 15.9 Å². The molecule has 1 aromatic carbocycles. The van der Waals surface area contributed by atoms with E-state index in [2.05, 4.69) is 15.6 Å². The number of aromatic nitrogens is 1. The lowest BCUT2D eigenvalue weighted by Crippen LogP contribution is -2.31. The van der Waals surface area contributed by atoms with Crippen molar-refractivity contribution < 1.29 is 14.6 Å². The Labute approximate surface area is 158 Å². The first kappa shape index (κ1) is 20.2. The summed E-state index contributed by atoms with van der Waals surface area (Å²) in [7, 11) is 0. The number of nitrogens with two attached hydrogens (primary N) is 1. The van der Waals surface area contributed by atoms with Gasteiger partial charge in [0.15, 0.2) is 0 Å². The summed E-state index contributed by atoms with van der Waals surface area (Å²) < 4.78 is 5.20. The first-order valence-electron chi connectivity index (χ1n) is 8.68. The van der Waals surface area contributed by atoms with Crippen LogP contribution in [-0.2, 0) is 4.74 Å². The second kappa shape index (κ2) is 9.54. The summed E-state index contributed by atoms with van der Waals surface area (Å²) in [5.41, 5.74) is 7.45. The van der Waals surface area contributed by atoms with Gasteiger partial charge < -0.3 is 20.9 Å². The summed E-state index contributed by atoms with van der Waals surface area (Å²) in [6.45, 7) is 3.70. The highest BCUT2D eigenvalue weighted by Gasteiger charge is 2.13. The third-order valence-electron chi connectivity index (χ3n) is 3.96. The molecule has 144 valence electrons. The molecule has 6 N–H and O–H groups in total. The van der Waals surface area contributed by atoms with Crippen LogP contribution in [0.2, 0.25) is 0 Å². The van der Waals surface area contributed by atoms with Gasteiger partial charge in [0, 0.05) is 18.0 Å². The van der Waals surface area contributed by atoms with Crippen LogP contribution in [0.3, 0.4) is 0 Å². The number of ether oxygens (including phenoxy) is 1. The molecule has 8 heteroatoms. The number of anilines is 2. The summed E-state index contributed by atoms with van der Waals surface area (Å²) in [6, 6.07) is 10.4. The van der Waals surface area contributed by atoms with Crippen molar-refractivity contribution in [1.82, 2.24) is 10.3 Å². The monoisotopic (exact) mass is 371 g/mol. The molecule has 0 bridgehead atoms. The maximum atomic E-state index is 12.1. The second-order valence-electron chi connectivity index (χ2n) is 6.09. The molecular formula is C19H25N5O3. The summed E-state index contributed by atoms with van der Waals surface area (Å²) in [4.78, 5) is 16.2. The van der Waals surface area contributed by atoms with Crippen molar-refractivity contribution in [2.24, 2.45) is 0 Å². The predicted octanol–water partition coefficient (Wildman–Crippen LogP) is 2.66. The van der Waals surface area contributed by atoms with Crippen LogP contribution in [0.15, 0.2) is 42.6 Å². The first-order chi connectivity index (χ1) is 12.9. The predicted molar refractivity (Wildman–Crippen MR) is 105 cm³/mol. The van der Waals surface area contributed by atoms with Gasteiger partial charge in [0.2, 0.25) is 5.90 Å². The molecule has 1 unspecified atom stereocenters. The average Bonchev–Trinajstić information content (AvgIpc) is 2.66. The van der Waals surface area contributed by atoms with Crippen LogP contribution in [0.5, 0.6) is 0 Å². The number of pyridine rings is 1. The lowest BCUT2D eigenvalue weighted by molar-refractivity contribution is 0.0984. The molecule has 0 aliphatic heterocycles. The zero-order valence-electron chi connectivity index (χ0n) is 15.4. The molecule has 2 amide bonds. The summed E-state index contributed by atoms with van der Waals surface area (Å²) >= 11 is 0. The van der Waals surface area contributed by atoms with E-state index in [-0.39, 0.29) is 30.1 Å². The van der Waals surface area contributed by atoms with Gasteiger partial charge in [0.05, 0.1) is 17.7 Å². The minimum absolute atomic E-state index is 0.00849. The highest BCUT2D eigenvalue weighted by Crippen LogP contribution is 2.17. The normalized spacial score (nSPS) is 12.7. The fourth-order valence-corrected chi connectivity index (χ4v) is 2.28. The van der Waals surface area contributed by atoms with E-state index < -0.39 is 12.1 Å². The number of hydrogen-bond acceptors (Lipinski definition) is 6. The smallest absolute Gasteiger partial charge is 0.320 e. The number of urea groups is 1. The van der Waals surface area contributed by atoms with Crippen molar-refractivity contribution >= 4 is 23.4 Å². The van der Waals surface area contributed by atoms with Crippen LogP contribution in [0, 0.1) is 5.41 Å². The zero-order valence-corrected chi connectivity index (χ0v) is 15.4. The van der Waals surface area contributed by atoms with E-state index in [1.54, 1.807) is 0 Å². The average molecular weight is 371 g/mol. The molecule has 0 aliphatic rings. The Balaban J connectivity index is 1.94. The third kappa shape index (κ3) is 5.96. The Morgan fingerprint density at radius 3 is 2.70 bits per heavy atom. The van der Waals surface area contributed by atoms with E-state index in [1.807, 2.05) is 44.2 Å². The van der Waals surface area contributed by atoms with Gasteiger partial charge >= 0.3 is 6.03 Å². The number of aliphatic hydroxyl groups is 1. The number of nitrogen functional groups attached to an aromatic ring is 1. The topological polar surface area (TPSA) is 133 Å². The van der Waals surface area contributed by atoms with Gasteiger partial charge in [0.25, 0.3) is 0 Å². The van der Waals surface area contributed by atoms with Gasteiger partial charge in [-0.15, -0.1) is 0 Å². The highest BCUT2D eigenvalue weighted by molar-refractivity contribution is 5.97. The van der Waals surface area contributed by atoms with Crippen molar-refractivity contribution in [2.75, 3.05) is 17.7 Å². The summed E-state index contributed by atoms with van der Waals surface area (Å²) in [6.07, 6.45) is 1.24. The number of nitrogens with one attached hydrogen (secondary N) is 3. The van der Waals surface area contributed by atoms with Gasteiger partial charge in [-0.05, 0) is 18.9 Å². The maximum Gasteiger partial charge on any atom is 0.320 e. The number of hydrogen-bond donors (Lipinski definition) is 5. The molecule has 8 nitrogen and oxygen atoms in total. The highest BCUT2D eigenvalue weighted by atomic mass is 16.5. The molecule has 27 heavy (non-hydrogen) atoms.